The molecular formula is C26H40N2O8S. The van der Waals surface area contributed by atoms with Crippen LogP contribution in [0.4, 0.5) is 0 Å². The Hall–Kier alpha value is -2.63. The molecule has 37 heavy (non-hydrogen) atoms. The minimum absolute atomic E-state index is 0. The molecule has 0 spiro atoms. The van der Waals surface area contributed by atoms with E-state index in [9.17, 15) is 34.5 Å². The average Bonchev–Trinajstić information content (AvgIpc) is 3.01. The van der Waals surface area contributed by atoms with E-state index in [1.807, 2.05) is 6.07 Å². The van der Waals surface area contributed by atoms with E-state index >= 15 is 0 Å². The monoisotopic (exact) mass is 540 g/mol. The van der Waals surface area contributed by atoms with Gasteiger partial charge in [-0.2, -0.15) is 13.5 Å². The predicted octanol–water partition coefficient (Wildman–Crippen LogP) is 2.15. The smallest absolute Gasteiger partial charge is 0.326 e. The van der Waals surface area contributed by atoms with Crippen molar-refractivity contribution < 1.29 is 39.2 Å². The van der Waals surface area contributed by atoms with Crippen LogP contribution >= 0.6 is 13.5 Å². The number of hydrogen-bond acceptors (Lipinski definition) is 7. The fraction of sp³-hybridized carbons (Fsp3) is 0.615. The number of likely N-dealkylation sites (N-methyl/N-ethyl adjacent to an activating group) is 1. The Morgan fingerprint density at radius 2 is 1.81 bits per heavy atom. The summed E-state index contributed by atoms with van der Waals surface area (Å²) < 4.78 is 5.41. The summed E-state index contributed by atoms with van der Waals surface area (Å²) in [7, 11) is 2.09. The molecule has 0 saturated carbocycles. The highest BCUT2D eigenvalue weighted by atomic mass is 32.1. The van der Waals surface area contributed by atoms with E-state index in [1.54, 1.807) is 32.0 Å². The molecule has 1 amide bonds. The van der Waals surface area contributed by atoms with Crippen molar-refractivity contribution in [1.29, 1.82) is 0 Å². The molecule has 4 N–H and O–H groups in total. The van der Waals surface area contributed by atoms with Gasteiger partial charge in [0.2, 0.25) is 5.91 Å². The zero-order valence-corrected chi connectivity index (χ0v) is 22.9. The number of benzene rings is 1. The maximum Gasteiger partial charge on any atom is 0.326 e. The van der Waals surface area contributed by atoms with Gasteiger partial charge >= 0.3 is 17.9 Å². The van der Waals surface area contributed by atoms with Crippen LogP contribution in [0.15, 0.2) is 24.3 Å². The lowest BCUT2D eigenvalue weighted by atomic mass is 9.74. The molecule has 2 rings (SSSR count). The van der Waals surface area contributed by atoms with Gasteiger partial charge < -0.3 is 30.3 Å². The molecule has 3 unspecified atom stereocenters. The van der Waals surface area contributed by atoms with Crippen molar-refractivity contribution in [1.82, 2.24) is 10.2 Å². The highest BCUT2D eigenvalue weighted by Crippen LogP contribution is 2.37. The van der Waals surface area contributed by atoms with Crippen molar-refractivity contribution >= 4 is 37.3 Å². The lowest BCUT2D eigenvalue weighted by Crippen LogP contribution is -2.51. The van der Waals surface area contributed by atoms with Gasteiger partial charge in [-0.05, 0) is 56.5 Å². The van der Waals surface area contributed by atoms with Crippen LogP contribution in [0.25, 0.3) is 0 Å². The number of ether oxygens (including phenoxy) is 1. The number of aliphatic hydroxyl groups excluding tert-OH is 1. The number of amides is 1. The van der Waals surface area contributed by atoms with Crippen molar-refractivity contribution in [2.75, 3.05) is 20.1 Å². The lowest BCUT2D eigenvalue weighted by Gasteiger charge is -2.35. The summed E-state index contributed by atoms with van der Waals surface area (Å²) in [5.41, 5.74) is 0.939. The maximum atomic E-state index is 12.6. The van der Waals surface area contributed by atoms with Crippen LogP contribution in [0.3, 0.4) is 0 Å². The first kappa shape index (κ1) is 32.4. The van der Waals surface area contributed by atoms with Crippen molar-refractivity contribution in [2.24, 2.45) is 11.8 Å². The number of rotatable bonds is 11. The molecule has 0 aromatic heterocycles. The summed E-state index contributed by atoms with van der Waals surface area (Å²) in [5.74, 6) is -7.05. The highest BCUT2D eigenvalue weighted by Gasteiger charge is 2.37. The van der Waals surface area contributed by atoms with Gasteiger partial charge in [-0.1, -0.05) is 39.3 Å². The first-order chi connectivity index (χ1) is 16.9. The molecule has 4 atom stereocenters. The molecule has 1 aromatic rings. The Morgan fingerprint density at radius 1 is 1.14 bits per heavy atom. The van der Waals surface area contributed by atoms with Crippen LogP contribution in [0, 0.1) is 11.8 Å². The van der Waals surface area contributed by atoms with Gasteiger partial charge in [0.15, 0.2) is 0 Å². The first-order valence-electron chi connectivity index (χ1n) is 12.3. The van der Waals surface area contributed by atoms with E-state index in [0.717, 1.165) is 44.3 Å². The predicted molar refractivity (Wildman–Crippen MR) is 142 cm³/mol. The second kappa shape index (κ2) is 14.3. The van der Waals surface area contributed by atoms with E-state index in [4.69, 9.17) is 4.74 Å². The fourth-order valence-corrected chi connectivity index (χ4v) is 4.76. The Kier molecular flexibility index (Phi) is 12.6. The molecule has 0 bridgehead atoms. The average molecular weight is 541 g/mol. The Balaban J connectivity index is 0.00000684. The van der Waals surface area contributed by atoms with Crippen molar-refractivity contribution in [3.05, 3.63) is 29.8 Å². The number of nitrogens with zero attached hydrogens (tertiary/aromatic N) is 1. The topological polar surface area (TPSA) is 153 Å². The molecule has 1 aromatic carbocycles. The molecule has 1 fully saturated rings. The van der Waals surface area contributed by atoms with E-state index in [1.165, 1.54) is 0 Å². The quantitative estimate of drug-likeness (QED) is 0.244. The molecule has 1 saturated heterocycles. The fourth-order valence-electron chi connectivity index (χ4n) is 4.76. The van der Waals surface area contributed by atoms with E-state index in [0.29, 0.717) is 0 Å². The molecule has 11 heteroatoms. The molecule has 1 aliphatic heterocycles. The van der Waals surface area contributed by atoms with Crippen LogP contribution < -0.4 is 10.1 Å². The molecule has 10 nitrogen and oxygen atoms in total. The number of esters is 1. The summed E-state index contributed by atoms with van der Waals surface area (Å²) in [6.07, 6.45) is 1.21. The molecule has 0 radical (unpaired) electrons. The number of aliphatic carboxylic acids is 2. The second-order valence-electron chi connectivity index (χ2n) is 9.99. The van der Waals surface area contributed by atoms with Crippen LogP contribution in [0.1, 0.15) is 58.4 Å². The second-order valence-corrected chi connectivity index (χ2v) is 9.99. The third-order valence-electron chi connectivity index (χ3n) is 6.96. The van der Waals surface area contributed by atoms with Gasteiger partial charge in [0.05, 0.1) is 6.42 Å². The van der Waals surface area contributed by atoms with Crippen LogP contribution in [0.2, 0.25) is 0 Å². The number of carbonyl (C=O) groups excluding carboxylic acids is 2. The number of carbonyl (C=O) groups is 4. The molecule has 0 aliphatic carbocycles. The van der Waals surface area contributed by atoms with E-state index in [-0.39, 0.29) is 24.7 Å². The van der Waals surface area contributed by atoms with Gasteiger partial charge in [0.1, 0.15) is 23.8 Å². The Labute approximate surface area is 224 Å². The number of carboxylic acid groups (broad SMARTS) is 2. The minimum atomic E-state index is -2.13. The van der Waals surface area contributed by atoms with Crippen LogP contribution in [-0.4, -0.2) is 76.3 Å². The summed E-state index contributed by atoms with van der Waals surface area (Å²) in [6, 6.07) is 5.87. The van der Waals surface area contributed by atoms with Crippen molar-refractivity contribution in [3.8, 4) is 5.75 Å². The summed E-state index contributed by atoms with van der Waals surface area (Å²) in [5, 5.41) is 31.2. The van der Waals surface area contributed by atoms with E-state index in [2.05, 4.69) is 24.2 Å². The zero-order valence-electron chi connectivity index (χ0n) is 21.9. The van der Waals surface area contributed by atoms with Crippen molar-refractivity contribution in [3.63, 3.8) is 0 Å². The third-order valence-corrected chi connectivity index (χ3v) is 6.96. The maximum absolute atomic E-state index is 12.6. The number of aliphatic hydroxyl groups is 1. The third kappa shape index (κ3) is 8.72. The molecule has 208 valence electrons. The van der Waals surface area contributed by atoms with Crippen LogP contribution in [0.5, 0.6) is 5.75 Å². The highest BCUT2D eigenvalue weighted by molar-refractivity contribution is 7.59. The van der Waals surface area contributed by atoms with Crippen molar-refractivity contribution in [2.45, 2.75) is 70.4 Å². The Morgan fingerprint density at radius 3 is 2.38 bits per heavy atom. The lowest BCUT2D eigenvalue weighted by molar-refractivity contribution is -0.156. The van der Waals surface area contributed by atoms with Gasteiger partial charge in [-0.25, -0.2) is 4.79 Å². The van der Waals surface area contributed by atoms with Gasteiger partial charge in [0, 0.05) is 12.0 Å². The number of carboxylic acids is 2. The molecule has 1 aliphatic rings. The summed E-state index contributed by atoms with van der Waals surface area (Å²) in [4.78, 5) is 50.3. The number of likely N-dealkylation sites (tertiary alicyclic amines) is 1. The normalized spacial score (nSPS) is 20.6. The molecule has 1 heterocycles. The number of nitrogens with one attached hydrogen (secondary N) is 1. The van der Waals surface area contributed by atoms with Crippen LogP contribution in [-0.2, 0) is 24.6 Å². The van der Waals surface area contributed by atoms with Gasteiger partial charge in [-0.15, -0.1) is 0 Å². The zero-order chi connectivity index (χ0) is 27.0. The van der Waals surface area contributed by atoms with Gasteiger partial charge in [-0.3, -0.25) is 14.4 Å². The van der Waals surface area contributed by atoms with Gasteiger partial charge in [0.25, 0.3) is 0 Å². The SMILES string of the molecule is CCC1(c2cccc(OC(=O)CC(C(=O)O)C(O)C(=O)N[C@H](C(=O)O)C(C)C)c2)CCCCN(C)C1.S. The number of hydrogen-bond donors (Lipinski definition) is 4. The summed E-state index contributed by atoms with van der Waals surface area (Å²) in [6.45, 7) is 7.14. The van der Waals surface area contributed by atoms with E-state index < -0.39 is 54.2 Å². The minimum Gasteiger partial charge on any atom is -0.481 e. The first-order valence-corrected chi connectivity index (χ1v) is 12.3. The largest absolute Gasteiger partial charge is 0.481 e. The molecular weight excluding hydrogens is 500 g/mol. The standard InChI is InChI=1S/C26H38N2O8.H2S/c1-5-26(11-6-7-12-28(4)15-26)17-9-8-10-18(13-17)36-20(29)14-19(24(32)33)22(30)23(31)27-21(16(2)3)25(34)35;/h8-10,13,16,19,21-22,30H,5-7,11-12,14-15H2,1-4H3,(H,27,31)(H,32,33)(H,34,35);1H2/t19?,21-,22?,26?;/m0./s1. The summed E-state index contributed by atoms with van der Waals surface area (Å²) >= 11 is 0. The Bertz CT molecular complexity index is 956.